The van der Waals surface area contributed by atoms with E-state index >= 15 is 0 Å². The maximum Gasteiger partial charge on any atom is 0.0731 e. The average molecular weight is 382 g/mol. The van der Waals surface area contributed by atoms with Gasteiger partial charge in [0.15, 0.2) is 0 Å². The summed E-state index contributed by atoms with van der Waals surface area (Å²) in [6, 6.07) is 25.5. The van der Waals surface area contributed by atoms with Gasteiger partial charge in [0.05, 0.1) is 16.9 Å². The minimum absolute atomic E-state index is 0. The molecule has 0 saturated carbocycles. The number of nitrogen functional groups attached to an aromatic ring is 1. The molecule has 0 aliphatic rings. The molecule has 3 aromatic carbocycles. The van der Waals surface area contributed by atoms with E-state index in [2.05, 4.69) is 17.4 Å². The van der Waals surface area contributed by atoms with E-state index in [-0.39, 0.29) is 12.4 Å². The molecule has 0 radical (unpaired) electrons. The third kappa shape index (κ3) is 3.74. The number of hydrogen-bond donors (Lipinski definition) is 2. The van der Waals surface area contributed by atoms with Crippen LogP contribution in [0.3, 0.4) is 0 Å². The van der Waals surface area contributed by atoms with Gasteiger partial charge in [0, 0.05) is 27.3 Å². The number of benzene rings is 3. The molecule has 0 atom stereocenters. The largest absolute Gasteiger partial charge is 0.399 e. The van der Waals surface area contributed by atoms with E-state index in [1.54, 1.807) is 0 Å². The first-order valence-corrected chi connectivity index (χ1v) is 8.35. The van der Waals surface area contributed by atoms with Crippen molar-refractivity contribution in [1.29, 1.82) is 0 Å². The third-order valence-corrected chi connectivity index (χ3v) is 4.28. The van der Waals surface area contributed by atoms with Crippen molar-refractivity contribution in [1.82, 2.24) is 4.98 Å². The van der Waals surface area contributed by atoms with Crippen LogP contribution in [0, 0.1) is 0 Å². The van der Waals surface area contributed by atoms with Gasteiger partial charge in [-0.2, -0.15) is 0 Å². The zero-order valence-corrected chi connectivity index (χ0v) is 15.4. The Morgan fingerprint density at radius 3 is 2.31 bits per heavy atom. The summed E-state index contributed by atoms with van der Waals surface area (Å²) >= 11 is 5.98. The molecule has 0 saturated heterocycles. The Labute approximate surface area is 163 Å². The first-order valence-electron chi connectivity index (χ1n) is 7.97. The Hall–Kier alpha value is -2.75. The lowest BCUT2D eigenvalue weighted by Gasteiger charge is -2.13. The Morgan fingerprint density at radius 2 is 1.58 bits per heavy atom. The predicted molar refractivity (Wildman–Crippen MR) is 114 cm³/mol. The second-order valence-corrected chi connectivity index (χ2v) is 6.27. The first kappa shape index (κ1) is 18.1. The summed E-state index contributed by atoms with van der Waals surface area (Å²) in [4.78, 5) is 4.79. The van der Waals surface area contributed by atoms with Gasteiger partial charge in [0.25, 0.3) is 0 Å². The normalized spacial score (nSPS) is 10.3. The van der Waals surface area contributed by atoms with E-state index in [1.807, 2.05) is 66.7 Å². The molecular formula is C21H17Cl2N3. The Balaban J connectivity index is 0.00000196. The van der Waals surface area contributed by atoms with Crippen molar-refractivity contribution in [2.24, 2.45) is 0 Å². The smallest absolute Gasteiger partial charge is 0.0731 e. The molecule has 3 nitrogen and oxygen atoms in total. The number of halogens is 2. The fourth-order valence-electron chi connectivity index (χ4n) is 2.79. The number of nitrogens with zero attached hydrogens (tertiary/aromatic N) is 1. The highest BCUT2D eigenvalue weighted by molar-refractivity contribution is 6.30. The maximum absolute atomic E-state index is 5.98. The van der Waals surface area contributed by atoms with E-state index in [1.165, 1.54) is 0 Å². The minimum Gasteiger partial charge on any atom is -0.399 e. The SMILES string of the molecule is Cl.Nc1ccc2nc(-c3ccccc3)cc(Nc3ccc(Cl)cc3)c2c1. The van der Waals surface area contributed by atoms with Gasteiger partial charge < -0.3 is 11.1 Å². The summed E-state index contributed by atoms with van der Waals surface area (Å²) in [6.45, 7) is 0. The number of aromatic nitrogens is 1. The molecule has 0 bridgehead atoms. The van der Waals surface area contributed by atoms with Crippen molar-refractivity contribution < 1.29 is 0 Å². The standard InChI is InChI=1S/C21H16ClN3.ClH/c22-15-6-9-17(10-7-15)24-21-13-20(14-4-2-1-3-5-14)25-19-11-8-16(23)12-18(19)21;/h1-13H,23H2,(H,24,25);1H. The molecule has 0 amide bonds. The van der Waals surface area contributed by atoms with E-state index < -0.39 is 0 Å². The fraction of sp³-hybridized carbons (Fsp3) is 0. The number of hydrogen-bond acceptors (Lipinski definition) is 3. The summed E-state index contributed by atoms with van der Waals surface area (Å²) in [6.07, 6.45) is 0. The summed E-state index contributed by atoms with van der Waals surface area (Å²) < 4.78 is 0. The summed E-state index contributed by atoms with van der Waals surface area (Å²) in [5.41, 5.74) is 11.5. The van der Waals surface area contributed by atoms with Crippen molar-refractivity contribution in [3.63, 3.8) is 0 Å². The average Bonchev–Trinajstić information content (AvgIpc) is 2.64. The van der Waals surface area contributed by atoms with Gasteiger partial charge >= 0.3 is 0 Å². The Morgan fingerprint density at radius 1 is 0.846 bits per heavy atom. The molecule has 3 N–H and O–H groups in total. The lowest BCUT2D eigenvalue weighted by molar-refractivity contribution is 1.39. The van der Waals surface area contributed by atoms with Gasteiger partial charge in [-0.15, -0.1) is 12.4 Å². The predicted octanol–water partition coefficient (Wildman–Crippen LogP) is 6.30. The van der Waals surface area contributed by atoms with Gasteiger partial charge in [0.2, 0.25) is 0 Å². The van der Waals surface area contributed by atoms with Crippen molar-refractivity contribution in [3.8, 4) is 11.3 Å². The highest BCUT2D eigenvalue weighted by Crippen LogP contribution is 2.31. The fourth-order valence-corrected chi connectivity index (χ4v) is 2.92. The second-order valence-electron chi connectivity index (χ2n) is 5.83. The maximum atomic E-state index is 5.98. The van der Waals surface area contributed by atoms with E-state index in [0.717, 1.165) is 33.5 Å². The molecular weight excluding hydrogens is 365 g/mol. The summed E-state index contributed by atoms with van der Waals surface area (Å²) in [5, 5.41) is 5.15. The number of nitrogens with one attached hydrogen (secondary N) is 1. The molecule has 4 rings (SSSR count). The number of rotatable bonds is 3. The van der Waals surface area contributed by atoms with Crippen LogP contribution in [0.1, 0.15) is 0 Å². The number of pyridine rings is 1. The van der Waals surface area contributed by atoms with Crippen LogP contribution in [-0.4, -0.2) is 4.98 Å². The van der Waals surface area contributed by atoms with E-state index in [4.69, 9.17) is 22.3 Å². The molecule has 1 heterocycles. The second kappa shape index (κ2) is 7.65. The van der Waals surface area contributed by atoms with Gasteiger partial charge in [-0.05, 0) is 48.5 Å². The quantitative estimate of drug-likeness (QED) is 0.409. The lowest BCUT2D eigenvalue weighted by Crippen LogP contribution is -1.96. The van der Waals surface area contributed by atoms with Crippen molar-refractivity contribution in [3.05, 3.63) is 83.9 Å². The van der Waals surface area contributed by atoms with Gasteiger partial charge in [-0.1, -0.05) is 41.9 Å². The van der Waals surface area contributed by atoms with E-state index in [0.29, 0.717) is 10.7 Å². The first-order chi connectivity index (χ1) is 12.2. The van der Waals surface area contributed by atoms with Crippen LogP contribution >= 0.6 is 24.0 Å². The molecule has 5 heteroatoms. The van der Waals surface area contributed by atoms with Gasteiger partial charge in [-0.25, -0.2) is 4.98 Å². The van der Waals surface area contributed by atoms with Crippen LogP contribution in [-0.2, 0) is 0 Å². The molecule has 0 unspecified atom stereocenters. The molecule has 0 aliphatic carbocycles. The molecule has 1 aromatic heterocycles. The highest BCUT2D eigenvalue weighted by Gasteiger charge is 2.08. The van der Waals surface area contributed by atoms with Crippen LogP contribution < -0.4 is 11.1 Å². The number of anilines is 3. The Kier molecular flexibility index (Phi) is 5.31. The summed E-state index contributed by atoms with van der Waals surface area (Å²) in [7, 11) is 0. The lowest BCUT2D eigenvalue weighted by atomic mass is 10.1. The molecule has 0 aliphatic heterocycles. The van der Waals surface area contributed by atoms with E-state index in [9.17, 15) is 0 Å². The van der Waals surface area contributed by atoms with Crippen molar-refractivity contribution in [2.75, 3.05) is 11.1 Å². The zero-order chi connectivity index (χ0) is 17.2. The van der Waals surface area contributed by atoms with Crippen LogP contribution in [0.2, 0.25) is 5.02 Å². The topological polar surface area (TPSA) is 50.9 Å². The van der Waals surface area contributed by atoms with Gasteiger partial charge in [-0.3, -0.25) is 0 Å². The van der Waals surface area contributed by atoms with Crippen molar-refractivity contribution in [2.45, 2.75) is 0 Å². The van der Waals surface area contributed by atoms with Crippen LogP contribution in [0.15, 0.2) is 78.9 Å². The van der Waals surface area contributed by atoms with Gasteiger partial charge in [0.1, 0.15) is 0 Å². The van der Waals surface area contributed by atoms with Crippen LogP contribution in [0.5, 0.6) is 0 Å². The molecule has 130 valence electrons. The monoisotopic (exact) mass is 381 g/mol. The van der Waals surface area contributed by atoms with Crippen molar-refractivity contribution >= 4 is 52.0 Å². The third-order valence-electron chi connectivity index (χ3n) is 4.03. The Bertz CT molecular complexity index is 1030. The van der Waals surface area contributed by atoms with Crippen LogP contribution in [0.4, 0.5) is 17.1 Å². The molecule has 0 spiro atoms. The number of fused-ring (bicyclic) bond motifs is 1. The summed E-state index contributed by atoms with van der Waals surface area (Å²) in [5.74, 6) is 0. The molecule has 0 fully saturated rings. The zero-order valence-electron chi connectivity index (χ0n) is 13.8. The highest BCUT2D eigenvalue weighted by atomic mass is 35.5. The minimum atomic E-state index is 0. The van der Waals surface area contributed by atoms with Crippen LogP contribution in [0.25, 0.3) is 22.2 Å². The number of nitrogens with two attached hydrogens (primary N) is 1. The molecule has 4 aromatic rings. The molecule has 26 heavy (non-hydrogen) atoms.